The van der Waals surface area contributed by atoms with Gasteiger partial charge in [-0.2, -0.15) is 13.2 Å². The summed E-state index contributed by atoms with van der Waals surface area (Å²) in [5.74, 6) is 0. The van der Waals surface area contributed by atoms with Crippen LogP contribution in [0.5, 0.6) is 0 Å². The van der Waals surface area contributed by atoms with Crippen LogP contribution >= 0.6 is 0 Å². The Hall–Kier alpha value is -1.12. The maximum absolute atomic E-state index is 12.7. The van der Waals surface area contributed by atoms with Crippen molar-refractivity contribution in [1.82, 2.24) is 4.72 Å². The zero-order valence-electron chi connectivity index (χ0n) is 10.1. The van der Waals surface area contributed by atoms with Crippen molar-refractivity contribution >= 4 is 10.0 Å². The fourth-order valence-electron chi connectivity index (χ4n) is 1.47. The van der Waals surface area contributed by atoms with E-state index < -0.39 is 39.3 Å². The molecule has 0 radical (unpaired) electrons. The smallest absolute Gasteiger partial charge is 0.395 e. The average molecular weight is 297 g/mol. The third kappa shape index (κ3) is 3.92. The Morgan fingerprint density at radius 1 is 1.32 bits per heavy atom. The largest absolute Gasteiger partial charge is 0.417 e. The van der Waals surface area contributed by atoms with Crippen LogP contribution in [0.3, 0.4) is 0 Å². The van der Waals surface area contributed by atoms with Gasteiger partial charge in [-0.15, -0.1) is 0 Å². The monoisotopic (exact) mass is 297 g/mol. The summed E-state index contributed by atoms with van der Waals surface area (Å²) in [5, 5.41) is 8.92. The predicted molar refractivity (Wildman–Crippen MR) is 62.9 cm³/mol. The highest BCUT2D eigenvalue weighted by Gasteiger charge is 2.37. The van der Waals surface area contributed by atoms with Gasteiger partial charge in [0, 0.05) is 6.04 Å². The zero-order chi connectivity index (χ0) is 14.7. The van der Waals surface area contributed by atoms with Gasteiger partial charge in [0.05, 0.1) is 17.1 Å². The van der Waals surface area contributed by atoms with E-state index in [1.54, 1.807) is 6.92 Å². The van der Waals surface area contributed by atoms with Crippen LogP contribution in [0.25, 0.3) is 0 Å². The molecule has 2 N–H and O–H groups in total. The Balaban J connectivity index is 3.23. The summed E-state index contributed by atoms with van der Waals surface area (Å²) in [7, 11) is -4.33. The summed E-state index contributed by atoms with van der Waals surface area (Å²) in [6.45, 7) is 1.13. The number of aliphatic hydroxyl groups excluding tert-OH is 1. The first-order valence-electron chi connectivity index (χ1n) is 5.51. The molecule has 0 saturated carbocycles. The second-order valence-electron chi connectivity index (χ2n) is 3.90. The summed E-state index contributed by atoms with van der Waals surface area (Å²) in [5.41, 5.74) is -1.23. The first-order valence-corrected chi connectivity index (χ1v) is 7.00. The maximum atomic E-state index is 12.7. The molecule has 8 heteroatoms. The van der Waals surface area contributed by atoms with Crippen molar-refractivity contribution in [3.8, 4) is 0 Å². The number of hydrogen-bond acceptors (Lipinski definition) is 3. The molecule has 1 rings (SSSR count). The van der Waals surface area contributed by atoms with Gasteiger partial charge < -0.3 is 5.11 Å². The van der Waals surface area contributed by atoms with Crippen LogP contribution in [-0.2, 0) is 16.2 Å². The molecular formula is C11H14F3NO3S. The van der Waals surface area contributed by atoms with Crippen molar-refractivity contribution in [1.29, 1.82) is 0 Å². The molecule has 0 heterocycles. The molecule has 0 saturated heterocycles. The topological polar surface area (TPSA) is 66.4 Å². The van der Waals surface area contributed by atoms with Crippen LogP contribution in [0.2, 0.25) is 0 Å². The minimum Gasteiger partial charge on any atom is -0.395 e. The number of rotatable bonds is 5. The Morgan fingerprint density at radius 3 is 2.37 bits per heavy atom. The van der Waals surface area contributed by atoms with Crippen LogP contribution in [0.15, 0.2) is 29.2 Å². The van der Waals surface area contributed by atoms with E-state index in [1.165, 1.54) is 6.07 Å². The van der Waals surface area contributed by atoms with E-state index in [2.05, 4.69) is 0 Å². The lowest BCUT2D eigenvalue weighted by atomic mass is 10.2. The van der Waals surface area contributed by atoms with Crippen molar-refractivity contribution in [2.24, 2.45) is 0 Å². The molecule has 1 aromatic carbocycles. The Bertz CT molecular complexity index is 524. The summed E-state index contributed by atoms with van der Waals surface area (Å²) >= 11 is 0. The van der Waals surface area contributed by atoms with Gasteiger partial charge in [0.15, 0.2) is 0 Å². The second kappa shape index (κ2) is 5.89. The normalized spacial score (nSPS) is 14.4. The molecule has 0 aromatic heterocycles. The summed E-state index contributed by atoms with van der Waals surface area (Å²) < 4.78 is 64.1. The Kier molecular flexibility index (Phi) is 4.94. The van der Waals surface area contributed by atoms with Gasteiger partial charge in [-0.3, -0.25) is 0 Å². The molecule has 4 nitrogen and oxygen atoms in total. The molecule has 0 amide bonds. The molecule has 0 aliphatic heterocycles. The van der Waals surface area contributed by atoms with E-state index in [9.17, 15) is 21.6 Å². The lowest BCUT2D eigenvalue weighted by Crippen LogP contribution is -2.37. The number of alkyl halides is 3. The molecule has 1 aromatic rings. The molecule has 1 unspecified atom stereocenters. The van der Waals surface area contributed by atoms with Crippen LogP contribution in [0.4, 0.5) is 13.2 Å². The highest BCUT2D eigenvalue weighted by Crippen LogP contribution is 2.33. The number of sulfonamides is 1. The lowest BCUT2D eigenvalue weighted by Gasteiger charge is -2.17. The van der Waals surface area contributed by atoms with Gasteiger partial charge in [0.1, 0.15) is 0 Å². The number of aliphatic hydroxyl groups is 1. The molecule has 108 valence electrons. The first-order chi connectivity index (χ1) is 8.72. The van der Waals surface area contributed by atoms with Crippen molar-refractivity contribution in [3.05, 3.63) is 29.8 Å². The number of nitrogens with one attached hydrogen (secondary N) is 1. The fraction of sp³-hybridized carbons (Fsp3) is 0.455. The van der Waals surface area contributed by atoms with E-state index in [0.717, 1.165) is 12.1 Å². The minimum atomic E-state index is -4.76. The maximum Gasteiger partial charge on any atom is 0.417 e. The zero-order valence-corrected chi connectivity index (χ0v) is 10.9. The SMILES string of the molecule is CCC(CO)NS(=O)(=O)c1ccccc1C(F)(F)F. The second-order valence-corrected chi connectivity index (χ2v) is 5.59. The van der Waals surface area contributed by atoms with Gasteiger partial charge in [-0.1, -0.05) is 19.1 Å². The van der Waals surface area contributed by atoms with Crippen molar-refractivity contribution in [3.63, 3.8) is 0 Å². The molecule has 0 fully saturated rings. The molecule has 0 bridgehead atoms. The van der Waals surface area contributed by atoms with Crippen LogP contribution in [0.1, 0.15) is 18.9 Å². The van der Waals surface area contributed by atoms with E-state index in [4.69, 9.17) is 5.11 Å². The van der Waals surface area contributed by atoms with Crippen LogP contribution < -0.4 is 4.72 Å². The quantitative estimate of drug-likeness (QED) is 0.870. The Morgan fingerprint density at radius 2 is 1.89 bits per heavy atom. The van der Waals surface area contributed by atoms with E-state index in [0.29, 0.717) is 6.07 Å². The summed E-state index contributed by atoms with van der Waals surface area (Å²) in [4.78, 5) is -0.839. The number of benzene rings is 1. The highest BCUT2D eigenvalue weighted by atomic mass is 32.2. The highest BCUT2D eigenvalue weighted by molar-refractivity contribution is 7.89. The van der Waals surface area contributed by atoms with Gasteiger partial charge in [-0.25, -0.2) is 13.1 Å². The van der Waals surface area contributed by atoms with E-state index in [-0.39, 0.29) is 6.42 Å². The lowest BCUT2D eigenvalue weighted by molar-refractivity contribution is -0.139. The molecule has 0 aliphatic rings. The number of hydrogen-bond donors (Lipinski definition) is 2. The van der Waals surface area contributed by atoms with Crippen LogP contribution in [0, 0.1) is 0 Å². The molecule has 19 heavy (non-hydrogen) atoms. The standard InChI is InChI=1S/C11H14F3NO3S/c1-2-8(7-16)15-19(17,18)10-6-4-3-5-9(10)11(12,13)14/h3-6,8,15-16H,2,7H2,1H3. The molecule has 0 spiro atoms. The minimum absolute atomic E-state index is 0.268. The summed E-state index contributed by atoms with van der Waals surface area (Å²) in [6.07, 6.45) is -4.49. The molecule has 0 aliphatic carbocycles. The van der Waals surface area contributed by atoms with Gasteiger partial charge in [-0.05, 0) is 18.6 Å². The third-order valence-electron chi connectivity index (χ3n) is 2.52. The van der Waals surface area contributed by atoms with E-state index in [1.807, 2.05) is 4.72 Å². The molecule has 1 atom stereocenters. The van der Waals surface area contributed by atoms with Gasteiger partial charge >= 0.3 is 6.18 Å². The third-order valence-corrected chi connectivity index (χ3v) is 4.10. The fourth-order valence-corrected chi connectivity index (χ4v) is 3.01. The Labute approximate surface area is 109 Å². The van der Waals surface area contributed by atoms with Crippen molar-refractivity contribution in [2.75, 3.05) is 6.61 Å². The first kappa shape index (κ1) is 15.9. The van der Waals surface area contributed by atoms with Crippen molar-refractivity contribution < 1.29 is 26.7 Å². The molecular weight excluding hydrogens is 283 g/mol. The van der Waals surface area contributed by atoms with E-state index >= 15 is 0 Å². The summed E-state index contributed by atoms with van der Waals surface area (Å²) in [6, 6.07) is 3.10. The average Bonchev–Trinajstić information content (AvgIpc) is 2.35. The number of halogens is 3. The van der Waals surface area contributed by atoms with Crippen LogP contribution in [-0.4, -0.2) is 26.2 Å². The van der Waals surface area contributed by atoms with Crippen molar-refractivity contribution in [2.45, 2.75) is 30.5 Å². The van der Waals surface area contributed by atoms with Gasteiger partial charge in [0.25, 0.3) is 0 Å². The predicted octanol–water partition coefficient (Wildman–Crippen LogP) is 1.75. The van der Waals surface area contributed by atoms with Gasteiger partial charge in [0.2, 0.25) is 10.0 Å².